The highest BCUT2D eigenvalue weighted by Crippen LogP contribution is 2.62. The maximum Gasteiger partial charge on any atom is 0.0364 e. The van der Waals surface area contributed by atoms with Crippen molar-refractivity contribution >= 4 is 95.6 Å². The minimum Gasteiger partial charge on any atom is -0.0887 e. The van der Waals surface area contributed by atoms with Crippen LogP contribution in [0.15, 0.2) is 32.3 Å². The SMILES string of the molecule is BrC1=CC=C(Br)C2C1=C1C(Br)CCC(Br)C1C1C(Br)CCC(Br)C21. The minimum atomic E-state index is 0.461. The lowest BCUT2D eigenvalue weighted by atomic mass is 9.55. The lowest BCUT2D eigenvalue weighted by Crippen LogP contribution is -2.53. The molecule has 4 aliphatic rings. The van der Waals surface area contributed by atoms with Crippen molar-refractivity contribution in [3.8, 4) is 0 Å². The fraction of sp³-hybridized carbons (Fsp3) is 0.667. The molecule has 0 saturated heterocycles. The largest absolute Gasteiger partial charge is 0.0887 e. The summed E-state index contributed by atoms with van der Waals surface area (Å²) in [5, 5.41) is 0. The van der Waals surface area contributed by atoms with E-state index in [0.29, 0.717) is 43.0 Å². The highest BCUT2D eigenvalue weighted by atomic mass is 79.9. The molecule has 8 unspecified atom stereocenters. The summed E-state index contributed by atoms with van der Waals surface area (Å²) >= 11 is 24.0. The molecule has 0 radical (unpaired) electrons. The molecule has 24 heavy (non-hydrogen) atoms. The topological polar surface area (TPSA) is 0 Å². The first-order valence-electron chi connectivity index (χ1n) is 8.45. The Bertz CT molecular complexity index is 635. The Labute approximate surface area is 194 Å². The smallest absolute Gasteiger partial charge is 0.0364 e. The van der Waals surface area contributed by atoms with E-state index in [-0.39, 0.29) is 0 Å². The maximum absolute atomic E-state index is 4.08. The summed E-state index contributed by atoms with van der Waals surface area (Å²) in [5.74, 6) is 2.35. The van der Waals surface area contributed by atoms with Gasteiger partial charge in [0.15, 0.2) is 0 Å². The van der Waals surface area contributed by atoms with Gasteiger partial charge in [-0.1, -0.05) is 102 Å². The monoisotopic (exact) mass is 708 g/mol. The van der Waals surface area contributed by atoms with Crippen LogP contribution in [0.25, 0.3) is 0 Å². The zero-order chi connectivity index (χ0) is 17.2. The van der Waals surface area contributed by atoms with E-state index in [9.17, 15) is 0 Å². The molecule has 4 rings (SSSR count). The lowest BCUT2D eigenvalue weighted by molar-refractivity contribution is 0.140. The van der Waals surface area contributed by atoms with Gasteiger partial charge in [-0.05, 0) is 60.7 Å². The van der Waals surface area contributed by atoms with Crippen molar-refractivity contribution in [3.63, 3.8) is 0 Å². The van der Waals surface area contributed by atoms with Crippen molar-refractivity contribution < 1.29 is 0 Å². The molecule has 0 aromatic rings. The van der Waals surface area contributed by atoms with Gasteiger partial charge in [0.1, 0.15) is 0 Å². The van der Waals surface area contributed by atoms with Gasteiger partial charge in [-0.2, -0.15) is 0 Å². The standard InChI is InChI=1S/C18H18Br6/c19-7-1-2-8(20)14-13(7)15-9(21)3-4-11(23)17(15)18-12(24)6-5-10(22)16(14)18/h1-2,9-13,15,17-18H,3-6H2. The number of rotatable bonds is 0. The molecule has 0 aliphatic heterocycles. The van der Waals surface area contributed by atoms with Crippen molar-refractivity contribution in [2.45, 2.75) is 45.0 Å². The molecule has 0 amide bonds. The second kappa shape index (κ2) is 7.50. The summed E-state index contributed by atoms with van der Waals surface area (Å²) in [6, 6.07) is 0. The first-order valence-corrected chi connectivity index (χ1v) is 13.7. The van der Waals surface area contributed by atoms with E-state index in [1.807, 2.05) is 0 Å². The Balaban J connectivity index is 1.95. The molecule has 2 fully saturated rings. The summed E-state index contributed by atoms with van der Waals surface area (Å²) in [7, 11) is 0. The number of hydrogen-bond acceptors (Lipinski definition) is 0. The van der Waals surface area contributed by atoms with E-state index in [4.69, 9.17) is 0 Å². The third-order valence-electron chi connectivity index (χ3n) is 6.14. The van der Waals surface area contributed by atoms with E-state index in [2.05, 4.69) is 108 Å². The van der Waals surface area contributed by atoms with Crippen LogP contribution in [0.1, 0.15) is 25.7 Å². The maximum atomic E-state index is 4.08. The van der Waals surface area contributed by atoms with Crippen LogP contribution in [0.3, 0.4) is 0 Å². The first kappa shape index (κ1) is 19.4. The van der Waals surface area contributed by atoms with Gasteiger partial charge in [0.2, 0.25) is 0 Å². The van der Waals surface area contributed by atoms with Crippen LogP contribution in [-0.4, -0.2) is 19.3 Å². The Morgan fingerprint density at radius 2 is 1.38 bits per heavy atom. The van der Waals surface area contributed by atoms with Gasteiger partial charge < -0.3 is 0 Å². The number of hydrogen-bond donors (Lipinski definition) is 0. The molecule has 0 aromatic carbocycles. The molecule has 132 valence electrons. The quantitative estimate of drug-likeness (QED) is 0.224. The molecular formula is C18H18Br6. The number of fused-ring (bicyclic) bond motifs is 5. The summed E-state index contributed by atoms with van der Waals surface area (Å²) < 4.78 is 2.61. The summed E-state index contributed by atoms with van der Waals surface area (Å²) in [4.78, 5) is 2.24. The third-order valence-corrected chi connectivity index (χ3v) is 11.7. The Morgan fingerprint density at radius 3 is 2.08 bits per heavy atom. The fourth-order valence-electron chi connectivity index (χ4n) is 5.25. The van der Waals surface area contributed by atoms with Gasteiger partial charge in [0, 0.05) is 34.2 Å². The number of halogens is 6. The molecule has 8 atom stereocenters. The van der Waals surface area contributed by atoms with Crippen LogP contribution in [0.2, 0.25) is 0 Å². The van der Waals surface area contributed by atoms with E-state index < -0.39 is 0 Å². The Hall–Kier alpha value is 2.10. The Morgan fingerprint density at radius 1 is 0.750 bits per heavy atom. The molecule has 0 spiro atoms. The van der Waals surface area contributed by atoms with E-state index in [1.54, 1.807) is 5.57 Å². The van der Waals surface area contributed by atoms with Crippen molar-refractivity contribution in [1.29, 1.82) is 0 Å². The van der Waals surface area contributed by atoms with Crippen molar-refractivity contribution in [2.24, 2.45) is 23.7 Å². The van der Waals surface area contributed by atoms with E-state index >= 15 is 0 Å². The van der Waals surface area contributed by atoms with Crippen molar-refractivity contribution in [2.75, 3.05) is 0 Å². The average molecular weight is 714 g/mol. The third kappa shape index (κ3) is 3.03. The van der Waals surface area contributed by atoms with Crippen LogP contribution in [0.5, 0.6) is 0 Å². The fourth-order valence-corrected chi connectivity index (χ4v) is 10.1. The van der Waals surface area contributed by atoms with Crippen molar-refractivity contribution in [3.05, 3.63) is 32.3 Å². The van der Waals surface area contributed by atoms with Crippen LogP contribution in [-0.2, 0) is 0 Å². The summed E-state index contributed by atoms with van der Waals surface area (Å²) in [5.41, 5.74) is 3.17. The lowest BCUT2D eigenvalue weighted by Gasteiger charge is -2.56. The highest BCUT2D eigenvalue weighted by molar-refractivity contribution is 9.12. The number of alkyl halides is 4. The zero-order valence-electron chi connectivity index (χ0n) is 12.9. The second-order valence-electron chi connectivity index (χ2n) is 7.26. The second-order valence-corrected chi connectivity index (χ2v) is 13.7. The molecule has 0 aromatic heterocycles. The predicted molar refractivity (Wildman–Crippen MR) is 124 cm³/mol. The van der Waals surface area contributed by atoms with Gasteiger partial charge in [-0.3, -0.25) is 0 Å². The minimum absolute atomic E-state index is 0.461. The van der Waals surface area contributed by atoms with Crippen LogP contribution < -0.4 is 0 Å². The Kier molecular flexibility index (Phi) is 6.06. The molecule has 0 nitrogen and oxygen atoms in total. The molecule has 4 aliphatic carbocycles. The molecule has 0 bridgehead atoms. The summed E-state index contributed by atoms with van der Waals surface area (Å²) in [6.45, 7) is 0. The molecule has 2 saturated carbocycles. The van der Waals surface area contributed by atoms with Gasteiger partial charge in [-0.15, -0.1) is 0 Å². The highest BCUT2D eigenvalue weighted by Gasteiger charge is 2.55. The predicted octanol–water partition coefficient (Wildman–Crippen LogP) is 7.97. The van der Waals surface area contributed by atoms with Gasteiger partial charge in [0.05, 0.1) is 0 Å². The normalized spacial score (nSPS) is 48.1. The van der Waals surface area contributed by atoms with Gasteiger partial charge in [0.25, 0.3) is 0 Å². The van der Waals surface area contributed by atoms with E-state index in [0.717, 1.165) is 0 Å². The first-order chi connectivity index (χ1) is 11.4. The van der Waals surface area contributed by atoms with Crippen molar-refractivity contribution in [1.82, 2.24) is 0 Å². The van der Waals surface area contributed by atoms with Crippen LogP contribution in [0, 0.1) is 23.7 Å². The summed E-state index contributed by atoms with van der Waals surface area (Å²) in [6.07, 6.45) is 9.42. The van der Waals surface area contributed by atoms with Gasteiger partial charge >= 0.3 is 0 Å². The average Bonchev–Trinajstić information content (AvgIpc) is 2.56. The molecule has 0 heterocycles. The van der Waals surface area contributed by atoms with E-state index in [1.165, 1.54) is 40.2 Å². The van der Waals surface area contributed by atoms with Gasteiger partial charge in [-0.25, -0.2) is 0 Å². The number of allylic oxidation sites excluding steroid dienone is 6. The molecular weight excluding hydrogens is 696 g/mol. The molecule has 6 heteroatoms. The van der Waals surface area contributed by atoms with Crippen LogP contribution in [0.4, 0.5) is 0 Å². The molecule has 0 N–H and O–H groups in total. The van der Waals surface area contributed by atoms with Crippen LogP contribution >= 0.6 is 95.6 Å². The zero-order valence-corrected chi connectivity index (χ0v) is 22.4.